The lowest BCUT2D eigenvalue weighted by atomic mass is 9.73. The lowest BCUT2D eigenvalue weighted by Crippen LogP contribution is -2.36. The fourth-order valence-electron chi connectivity index (χ4n) is 12.5. The van der Waals surface area contributed by atoms with Crippen LogP contribution in [-0.4, -0.2) is 26.7 Å². The van der Waals surface area contributed by atoms with Crippen molar-refractivity contribution in [1.29, 1.82) is 0 Å². The van der Waals surface area contributed by atoms with Gasteiger partial charge in [0.15, 0.2) is 5.60 Å². The summed E-state index contributed by atoms with van der Waals surface area (Å²) in [4.78, 5) is 14.0. The number of rotatable bonds is 17. The zero-order valence-corrected chi connectivity index (χ0v) is 46.0. The van der Waals surface area contributed by atoms with Crippen molar-refractivity contribution in [3.8, 4) is 45.3 Å². The molecule has 0 aromatic heterocycles. The molecule has 0 saturated heterocycles. The standard InChI is InChI=1S/C71H73NO5/c1-8-10-11-14-47-17-19-48(20-18-47)49-21-23-50(24-22-49)51-25-27-53(28-26-51)69(73)72-56-35-29-52(30-36-56)63-44-71(54-31-37-57(74-6)38-32-54,55-33-39-58(40-34-55)76-45-46(3)9-2)77-68-62-43-59(75-7)41-42-60(62)65-61-15-12-13-16-64(61)70(4,5)67(65)66(63)68/h12-13,15-16,21-44,46-48H,8-11,14,17-20,45H2,1-7H3,(H,72,73)/t46-,47-,48-,71?/m0/s1. The van der Waals surface area contributed by atoms with Crippen LogP contribution in [0.3, 0.4) is 0 Å². The summed E-state index contributed by atoms with van der Waals surface area (Å²) >= 11 is 0. The van der Waals surface area contributed by atoms with Crippen molar-refractivity contribution >= 4 is 27.9 Å². The van der Waals surface area contributed by atoms with Crippen molar-refractivity contribution < 1.29 is 23.7 Å². The number of anilines is 1. The summed E-state index contributed by atoms with van der Waals surface area (Å²) in [5.74, 6) is 4.92. The van der Waals surface area contributed by atoms with Crippen molar-refractivity contribution in [2.24, 2.45) is 11.8 Å². The van der Waals surface area contributed by atoms with E-state index in [0.29, 0.717) is 29.7 Å². The molecule has 6 nitrogen and oxygen atoms in total. The molecule has 1 saturated carbocycles. The molecule has 2 aliphatic carbocycles. The van der Waals surface area contributed by atoms with Crippen molar-refractivity contribution in [2.75, 3.05) is 26.1 Å². The van der Waals surface area contributed by atoms with Crippen LogP contribution in [0.25, 0.3) is 38.6 Å². The van der Waals surface area contributed by atoms with E-state index in [9.17, 15) is 4.79 Å². The summed E-state index contributed by atoms with van der Waals surface area (Å²) in [6, 6.07) is 57.2. The topological polar surface area (TPSA) is 66.0 Å². The predicted molar refractivity (Wildman–Crippen MR) is 316 cm³/mol. The third-order valence-corrected chi connectivity index (χ3v) is 17.3. The van der Waals surface area contributed by atoms with Gasteiger partial charge in [-0.1, -0.05) is 164 Å². The van der Waals surface area contributed by atoms with Gasteiger partial charge in [0, 0.05) is 38.7 Å². The maximum absolute atomic E-state index is 14.0. The van der Waals surface area contributed by atoms with Crippen molar-refractivity contribution in [3.05, 3.63) is 214 Å². The first kappa shape index (κ1) is 51.5. The fourth-order valence-corrected chi connectivity index (χ4v) is 12.5. The second-order valence-electron chi connectivity index (χ2n) is 22.5. The molecule has 1 unspecified atom stereocenters. The molecule has 2 atom stereocenters. The highest BCUT2D eigenvalue weighted by Gasteiger charge is 2.47. The molecule has 392 valence electrons. The number of hydrogen-bond donors (Lipinski definition) is 1. The van der Waals surface area contributed by atoms with Crippen LogP contribution in [0, 0.1) is 11.8 Å². The number of carbonyl (C=O) groups is 1. The number of benzene rings is 8. The van der Waals surface area contributed by atoms with Gasteiger partial charge in [0.1, 0.15) is 23.0 Å². The molecule has 0 spiro atoms. The van der Waals surface area contributed by atoms with Gasteiger partial charge in [-0.05, 0) is 172 Å². The van der Waals surface area contributed by atoms with Gasteiger partial charge in [0.2, 0.25) is 0 Å². The first-order chi connectivity index (χ1) is 37.5. The summed E-state index contributed by atoms with van der Waals surface area (Å²) < 4.78 is 25.8. The normalized spacial score (nSPS) is 18.5. The number of ether oxygens (including phenoxy) is 4. The summed E-state index contributed by atoms with van der Waals surface area (Å²) in [5.41, 5.74) is 13.3. The SMILES string of the molecule is CCCCC[C@H]1CC[C@H](c2ccc(-c3ccc(C(=O)Nc4ccc(C5=CC(c6ccc(OC)cc6)(c6ccc(OC[C@@H](C)CC)cc6)Oc6c5c5c(c7ccc(OC)cc67)-c6ccccc6C5(C)C)cc4)cc3)cc2)CC1. The zero-order chi connectivity index (χ0) is 53.3. The van der Waals surface area contributed by atoms with E-state index in [1.807, 2.05) is 36.4 Å². The Labute approximate surface area is 456 Å². The quantitative estimate of drug-likeness (QED) is 0.0921. The highest BCUT2D eigenvalue weighted by Crippen LogP contribution is 2.61. The summed E-state index contributed by atoms with van der Waals surface area (Å²) in [6.45, 7) is 12.0. The van der Waals surface area contributed by atoms with Crippen LogP contribution in [0.2, 0.25) is 0 Å². The molecule has 0 bridgehead atoms. The molecular weight excluding hydrogens is 947 g/mol. The van der Waals surface area contributed by atoms with Crippen LogP contribution in [0.5, 0.6) is 23.0 Å². The Hall–Kier alpha value is -7.57. The molecule has 3 aliphatic rings. The summed E-state index contributed by atoms with van der Waals surface area (Å²) in [6.07, 6.45) is 14.1. The third-order valence-electron chi connectivity index (χ3n) is 17.3. The van der Waals surface area contributed by atoms with Gasteiger partial charge < -0.3 is 24.3 Å². The van der Waals surface area contributed by atoms with Gasteiger partial charge in [-0.25, -0.2) is 0 Å². The summed E-state index contributed by atoms with van der Waals surface area (Å²) in [5, 5.41) is 5.27. The van der Waals surface area contributed by atoms with Gasteiger partial charge in [-0.3, -0.25) is 4.79 Å². The number of amides is 1. The van der Waals surface area contributed by atoms with Gasteiger partial charge >= 0.3 is 0 Å². The number of nitrogens with one attached hydrogen (secondary N) is 1. The van der Waals surface area contributed by atoms with E-state index < -0.39 is 5.60 Å². The minimum absolute atomic E-state index is 0.159. The first-order valence-electron chi connectivity index (χ1n) is 28.2. The van der Waals surface area contributed by atoms with Gasteiger partial charge in [0.25, 0.3) is 5.91 Å². The molecule has 0 radical (unpaired) electrons. The molecule has 6 heteroatoms. The van der Waals surface area contributed by atoms with Crippen LogP contribution < -0.4 is 24.3 Å². The maximum Gasteiger partial charge on any atom is 0.255 e. The lowest BCUT2D eigenvalue weighted by Gasteiger charge is -2.41. The van der Waals surface area contributed by atoms with Crippen molar-refractivity contribution in [2.45, 2.75) is 109 Å². The van der Waals surface area contributed by atoms with E-state index in [-0.39, 0.29) is 11.3 Å². The molecule has 1 fully saturated rings. The molecule has 11 rings (SSSR count). The van der Waals surface area contributed by atoms with Crippen molar-refractivity contribution in [3.63, 3.8) is 0 Å². The Balaban J connectivity index is 0.953. The lowest BCUT2D eigenvalue weighted by molar-refractivity contribution is 0.102. The number of methoxy groups -OCH3 is 2. The molecule has 1 aliphatic heterocycles. The van der Waals surface area contributed by atoms with Crippen LogP contribution in [-0.2, 0) is 11.0 Å². The van der Waals surface area contributed by atoms with Gasteiger partial charge in [-0.15, -0.1) is 0 Å². The number of hydrogen-bond acceptors (Lipinski definition) is 5. The number of fused-ring (bicyclic) bond motifs is 8. The molecule has 8 aromatic rings. The third kappa shape index (κ3) is 9.93. The van der Waals surface area contributed by atoms with E-state index in [4.69, 9.17) is 18.9 Å². The van der Waals surface area contributed by atoms with Crippen LogP contribution >= 0.6 is 0 Å². The Morgan fingerprint density at radius 3 is 1.94 bits per heavy atom. The Morgan fingerprint density at radius 1 is 0.662 bits per heavy atom. The van der Waals surface area contributed by atoms with Crippen LogP contribution in [0.4, 0.5) is 5.69 Å². The zero-order valence-electron chi connectivity index (χ0n) is 46.0. The molecule has 1 N–H and O–H groups in total. The minimum atomic E-state index is -1.11. The monoisotopic (exact) mass is 1020 g/mol. The molecular formula is C71H73NO5. The molecule has 1 amide bonds. The second-order valence-corrected chi connectivity index (χ2v) is 22.5. The fraction of sp³-hybridized carbons (Fsp3) is 0.310. The second kappa shape index (κ2) is 21.8. The average Bonchev–Trinajstić information content (AvgIpc) is 4.03. The predicted octanol–water partition coefficient (Wildman–Crippen LogP) is 18.1. The molecule has 1 heterocycles. The van der Waals surface area contributed by atoms with E-state index in [2.05, 4.69) is 173 Å². The number of carbonyl (C=O) groups excluding carboxylic acids is 1. The van der Waals surface area contributed by atoms with E-state index >= 15 is 0 Å². The van der Waals surface area contributed by atoms with E-state index in [0.717, 1.165) is 85.1 Å². The molecule has 8 aromatic carbocycles. The highest BCUT2D eigenvalue weighted by atomic mass is 16.5. The largest absolute Gasteiger partial charge is 0.497 e. The summed E-state index contributed by atoms with van der Waals surface area (Å²) in [7, 11) is 3.41. The average molecular weight is 1020 g/mol. The van der Waals surface area contributed by atoms with E-state index in [1.54, 1.807) is 14.2 Å². The number of unbranched alkanes of at least 4 members (excludes halogenated alkanes) is 2. The Morgan fingerprint density at radius 2 is 1.29 bits per heavy atom. The van der Waals surface area contributed by atoms with Gasteiger partial charge in [-0.2, -0.15) is 0 Å². The van der Waals surface area contributed by atoms with E-state index in [1.165, 1.54) is 79.2 Å². The van der Waals surface area contributed by atoms with Crippen LogP contribution in [0.15, 0.2) is 170 Å². The smallest absolute Gasteiger partial charge is 0.255 e. The molecule has 77 heavy (non-hydrogen) atoms. The van der Waals surface area contributed by atoms with Crippen LogP contribution in [0.1, 0.15) is 148 Å². The van der Waals surface area contributed by atoms with Gasteiger partial charge in [0.05, 0.1) is 20.8 Å². The highest BCUT2D eigenvalue weighted by molar-refractivity contribution is 6.11. The van der Waals surface area contributed by atoms with Crippen molar-refractivity contribution in [1.82, 2.24) is 0 Å². The minimum Gasteiger partial charge on any atom is -0.497 e. The first-order valence-corrected chi connectivity index (χ1v) is 28.2. The maximum atomic E-state index is 14.0. The Kier molecular flexibility index (Phi) is 14.6. The Bertz CT molecular complexity index is 3420.